The van der Waals surface area contributed by atoms with E-state index in [-0.39, 0.29) is 41.6 Å². The molecule has 1 heterocycles. The Morgan fingerprint density at radius 2 is 1.64 bits per heavy atom. The third-order valence-corrected chi connectivity index (χ3v) is 5.56. The average Bonchev–Trinajstić information content (AvgIpc) is 2.78. The number of carbonyl (C=O) groups is 2. The first-order valence-electron chi connectivity index (χ1n) is 11.6. The molecule has 0 unspecified atom stereocenters. The van der Waals surface area contributed by atoms with Gasteiger partial charge in [0.15, 0.2) is 5.96 Å². The number of hydrogen-bond acceptors (Lipinski definition) is 3. The highest BCUT2D eigenvalue weighted by Gasteiger charge is 2.23. The first-order valence-corrected chi connectivity index (χ1v) is 11.6. The minimum atomic E-state index is -0.233. The quantitative estimate of drug-likeness (QED) is 0.194. The van der Waals surface area contributed by atoms with Crippen LogP contribution in [0.15, 0.2) is 29.3 Å². The lowest BCUT2D eigenvalue weighted by Crippen LogP contribution is -2.50. The summed E-state index contributed by atoms with van der Waals surface area (Å²) in [7, 11) is 1.69. The van der Waals surface area contributed by atoms with Crippen LogP contribution in [0.5, 0.6) is 0 Å². The molecule has 7 nitrogen and oxygen atoms in total. The van der Waals surface area contributed by atoms with Crippen molar-refractivity contribution in [2.45, 2.75) is 52.5 Å². The third kappa shape index (κ3) is 10.7. The summed E-state index contributed by atoms with van der Waals surface area (Å²) in [5.74, 6) is 1.13. The predicted octanol–water partition coefficient (Wildman–Crippen LogP) is 3.39. The molecule has 0 bridgehead atoms. The van der Waals surface area contributed by atoms with E-state index in [1.54, 1.807) is 19.2 Å². The summed E-state index contributed by atoms with van der Waals surface area (Å²) in [5.41, 5.74) is 0.596. The van der Waals surface area contributed by atoms with E-state index < -0.39 is 0 Å². The lowest BCUT2D eigenvalue weighted by Gasteiger charge is -2.35. The molecule has 1 aromatic rings. The van der Waals surface area contributed by atoms with E-state index in [1.807, 2.05) is 29.7 Å². The maximum Gasteiger partial charge on any atom is 0.222 e. The summed E-state index contributed by atoms with van der Waals surface area (Å²) in [6, 6.07) is 6.67. The SMILES string of the molecule is CN=C(NCCCCCC(=O)N1CCN(C(=O)CC(C)C)CC1)NCc1ccccc1F.I. The fraction of sp³-hybridized carbons (Fsp3) is 0.625. The topological polar surface area (TPSA) is 77.0 Å². The normalized spacial score (nSPS) is 14.2. The van der Waals surface area contributed by atoms with Crippen molar-refractivity contribution in [3.05, 3.63) is 35.6 Å². The molecule has 0 spiro atoms. The number of aliphatic imine (C=N–C) groups is 1. The highest BCUT2D eigenvalue weighted by Crippen LogP contribution is 2.11. The van der Waals surface area contributed by atoms with Gasteiger partial charge in [0.2, 0.25) is 11.8 Å². The summed E-state index contributed by atoms with van der Waals surface area (Å²) in [5, 5.41) is 6.33. The smallest absolute Gasteiger partial charge is 0.222 e. The van der Waals surface area contributed by atoms with Gasteiger partial charge in [-0.15, -0.1) is 24.0 Å². The van der Waals surface area contributed by atoms with Gasteiger partial charge in [-0.3, -0.25) is 14.6 Å². The van der Waals surface area contributed by atoms with E-state index in [9.17, 15) is 14.0 Å². The van der Waals surface area contributed by atoms with E-state index >= 15 is 0 Å². The average molecular weight is 576 g/mol. The minimum Gasteiger partial charge on any atom is -0.356 e. The zero-order valence-corrected chi connectivity index (χ0v) is 22.4. The Hall–Kier alpha value is -1.91. The number of piperazine rings is 1. The molecule has 0 aromatic heterocycles. The molecule has 1 fully saturated rings. The Morgan fingerprint density at radius 3 is 2.24 bits per heavy atom. The van der Waals surface area contributed by atoms with Crippen molar-refractivity contribution in [3.63, 3.8) is 0 Å². The Balaban J connectivity index is 0.00000544. The fourth-order valence-corrected chi connectivity index (χ4v) is 3.67. The molecule has 2 N–H and O–H groups in total. The van der Waals surface area contributed by atoms with E-state index in [2.05, 4.69) is 15.6 Å². The first kappa shape index (κ1) is 29.1. The summed E-state index contributed by atoms with van der Waals surface area (Å²) < 4.78 is 13.7. The van der Waals surface area contributed by atoms with Crippen LogP contribution in [0.2, 0.25) is 0 Å². The number of carbonyl (C=O) groups excluding carboxylic acids is 2. The first-order chi connectivity index (χ1) is 15.4. The minimum absolute atomic E-state index is 0. The van der Waals surface area contributed by atoms with Crippen molar-refractivity contribution >= 4 is 41.8 Å². The van der Waals surface area contributed by atoms with Crippen molar-refractivity contribution in [1.82, 2.24) is 20.4 Å². The Kier molecular flexibility index (Phi) is 14.0. The van der Waals surface area contributed by atoms with Crippen LogP contribution in [0, 0.1) is 11.7 Å². The van der Waals surface area contributed by atoms with Gasteiger partial charge in [-0.2, -0.15) is 0 Å². The predicted molar refractivity (Wildman–Crippen MR) is 141 cm³/mol. The van der Waals surface area contributed by atoms with E-state index in [4.69, 9.17) is 0 Å². The fourth-order valence-electron chi connectivity index (χ4n) is 3.67. The van der Waals surface area contributed by atoms with Gasteiger partial charge >= 0.3 is 0 Å². The van der Waals surface area contributed by atoms with E-state index in [0.717, 1.165) is 25.8 Å². The molecule has 33 heavy (non-hydrogen) atoms. The van der Waals surface area contributed by atoms with Gasteiger partial charge < -0.3 is 20.4 Å². The molecular formula is C24H39FIN5O2. The molecule has 1 aliphatic rings. The number of halogens is 2. The van der Waals surface area contributed by atoms with Crippen LogP contribution in [0.1, 0.15) is 51.5 Å². The van der Waals surface area contributed by atoms with E-state index in [1.165, 1.54) is 6.07 Å². The summed E-state index contributed by atoms with van der Waals surface area (Å²) in [4.78, 5) is 32.5. The van der Waals surface area contributed by atoms with Gasteiger partial charge in [-0.05, 0) is 24.8 Å². The van der Waals surface area contributed by atoms with Crippen molar-refractivity contribution in [2.75, 3.05) is 39.8 Å². The van der Waals surface area contributed by atoms with Gasteiger partial charge in [-0.25, -0.2) is 4.39 Å². The van der Waals surface area contributed by atoms with Crippen molar-refractivity contribution in [3.8, 4) is 0 Å². The maximum absolute atomic E-state index is 13.7. The molecule has 1 aliphatic heterocycles. The zero-order valence-electron chi connectivity index (χ0n) is 20.1. The second kappa shape index (κ2) is 15.8. The lowest BCUT2D eigenvalue weighted by molar-refractivity contribution is -0.140. The molecular weight excluding hydrogens is 536 g/mol. The summed E-state index contributed by atoms with van der Waals surface area (Å²) in [6.45, 7) is 7.75. The van der Waals surface area contributed by atoms with E-state index in [0.29, 0.717) is 63.0 Å². The van der Waals surface area contributed by atoms with Gasteiger partial charge in [0.25, 0.3) is 0 Å². The van der Waals surface area contributed by atoms with Crippen molar-refractivity contribution < 1.29 is 14.0 Å². The molecule has 0 aliphatic carbocycles. The second-order valence-electron chi connectivity index (χ2n) is 8.61. The highest BCUT2D eigenvalue weighted by atomic mass is 127. The standard InChI is InChI=1S/C24H38FN5O2.HI/c1-19(2)17-23(32)30-15-13-29(14-16-30)22(31)11-5-4-8-12-27-24(26-3)28-18-20-9-6-7-10-21(20)25;/h6-7,9-10,19H,4-5,8,11-18H2,1-3H3,(H2,26,27,28);1H. The second-order valence-corrected chi connectivity index (χ2v) is 8.61. The Labute approximate surface area is 214 Å². The zero-order chi connectivity index (χ0) is 23.3. The third-order valence-electron chi connectivity index (χ3n) is 5.56. The van der Waals surface area contributed by atoms with Crippen LogP contribution < -0.4 is 10.6 Å². The molecule has 1 aromatic carbocycles. The molecule has 186 valence electrons. The van der Waals surface area contributed by atoms with Crippen LogP contribution in [0.4, 0.5) is 4.39 Å². The van der Waals surface area contributed by atoms with Crippen LogP contribution in [-0.2, 0) is 16.1 Å². The number of hydrogen-bond donors (Lipinski definition) is 2. The number of rotatable bonds is 10. The van der Waals surface area contributed by atoms with Crippen molar-refractivity contribution in [1.29, 1.82) is 0 Å². The van der Waals surface area contributed by atoms with Crippen molar-refractivity contribution in [2.24, 2.45) is 10.9 Å². The number of benzene rings is 1. The lowest BCUT2D eigenvalue weighted by atomic mass is 10.1. The largest absolute Gasteiger partial charge is 0.356 e. The molecule has 0 atom stereocenters. The number of nitrogens with zero attached hydrogens (tertiary/aromatic N) is 3. The van der Waals surface area contributed by atoms with Gasteiger partial charge in [0, 0.05) is 64.7 Å². The van der Waals surface area contributed by atoms with Gasteiger partial charge in [0.05, 0.1) is 0 Å². The number of nitrogens with one attached hydrogen (secondary N) is 2. The molecule has 9 heteroatoms. The molecule has 2 rings (SSSR count). The van der Waals surface area contributed by atoms with Gasteiger partial charge in [-0.1, -0.05) is 38.5 Å². The van der Waals surface area contributed by atoms with Crippen LogP contribution in [0.25, 0.3) is 0 Å². The molecule has 2 amide bonds. The Morgan fingerprint density at radius 1 is 1.00 bits per heavy atom. The molecule has 0 radical (unpaired) electrons. The summed E-state index contributed by atoms with van der Waals surface area (Å²) >= 11 is 0. The Bertz CT molecular complexity index is 767. The number of amides is 2. The number of unbranched alkanes of at least 4 members (excludes halogenated alkanes) is 2. The number of guanidine groups is 1. The van der Waals surface area contributed by atoms with Crippen LogP contribution >= 0.6 is 24.0 Å². The summed E-state index contributed by atoms with van der Waals surface area (Å²) in [6.07, 6.45) is 3.82. The maximum atomic E-state index is 13.7. The molecule has 0 saturated carbocycles. The van der Waals surface area contributed by atoms with Gasteiger partial charge in [0.1, 0.15) is 5.82 Å². The molecule has 1 saturated heterocycles. The van der Waals surface area contributed by atoms with Crippen LogP contribution in [-0.4, -0.2) is 67.3 Å². The highest BCUT2D eigenvalue weighted by molar-refractivity contribution is 14.0. The van der Waals surface area contributed by atoms with Crippen LogP contribution in [0.3, 0.4) is 0 Å². The monoisotopic (exact) mass is 575 g/mol.